The summed E-state index contributed by atoms with van der Waals surface area (Å²) in [7, 11) is 1.88. The zero-order valence-corrected chi connectivity index (χ0v) is 13.9. The van der Waals surface area contributed by atoms with Crippen molar-refractivity contribution in [3.63, 3.8) is 0 Å². The van der Waals surface area contributed by atoms with Crippen LogP contribution in [0.3, 0.4) is 0 Å². The Hall–Kier alpha value is -0.230. The molecule has 0 aliphatic carbocycles. The molecule has 2 aromatic rings. The van der Waals surface area contributed by atoms with Crippen LogP contribution >= 0.6 is 43.2 Å². The Bertz CT molecular complexity index is 549. The third kappa shape index (κ3) is 2.85. The summed E-state index contributed by atoms with van der Waals surface area (Å²) in [6, 6.07) is 6.87. The van der Waals surface area contributed by atoms with Crippen LogP contribution in [0.2, 0.25) is 0 Å². The molecule has 1 heterocycles. The van der Waals surface area contributed by atoms with Gasteiger partial charge in [0.25, 0.3) is 0 Å². The van der Waals surface area contributed by atoms with Gasteiger partial charge in [0, 0.05) is 9.35 Å². The van der Waals surface area contributed by atoms with Crippen molar-refractivity contribution < 1.29 is 4.39 Å². The second-order valence-electron chi connectivity index (χ2n) is 3.99. The molecule has 0 bridgehead atoms. The highest BCUT2D eigenvalue weighted by Crippen LogP contribution is 2.36. The molecule has 1 atom stereocenters. The monoisotopic (exact) mass is 391 g/mol. The number of nitrogens with one attached hydrogen (secondary N) is 1. The van der Waals surface area contributed by atoms with E-state index in [9.17, 15) is 4.39 Å². The smallest absolute Gasteiger partial charge is 0.123 e. The van der Waals surface area contributed by atoms with Gasteiger partial charge in [-0.2, -0.15) is 0 Å². The van der Waals surface area contributed by atoms with E-state index in [4.69, 9.17) is 0 Å². The summed E-state index contributed by atoms with van der Waals surface area (Å²) in [5, 5.41) is 3.24. The quantitative estimate of drug-likeness (QED) is 0.772. The van der Waals surface area contributed by atoms with Gasteiger partial charge in [0.15, 0.2) is 0 Å². The van der Waals surface area contributed by atoms with Gasteiger partial charge in [-0.05, 0) is 65.3 Å². The molecule has 0 spiro atoms. The lowest BCUT2D eigenvalue weighted by Crippen LogP contribution is -2.17. The Morgan fingerprint density at radius 2 is 2.00 bits per heavy atom. The van der Waals surface area contributed by atoms with E-state index in [1.807, 2.05) is 7.05 Å². The largest absolute Gasteiger partial charge is 0.309 e. The lowest BCUT2D eigenvalue weighted by Gasteiger charge is -2.16. The molecule has 1 nitrogen and oxygen atoms in total. The van der Waals surface area contributed by atoms with Crippen molar-refractivity contribution >= 4 is 43.2 Å². The van der Waals surface area contributed by atoms with E-state index in [1.165, 1.54) is 11.6 Å². The minimum absolute atomic E-state index is 0.00919. The van der Waals surface area contributed by atoms with Gasteiger partial charge < -0.3 is 5.32 Å². The molecule has 2 rings (SSSR count). The standard InChI is InChI=1S/C13H12Br2FNS/c1-7-5-11(18-13(7)15)12(17-2)9-6-8(16)3-4-10(9)14/h3-6,12,17H,1-2H3. The van der Waals surface area contributed by atoms with Crippen molar-refractivity contribution in [2.75, 3.05) is 7.05 Å². The molecule has 0 aliphatic heterocycles. The van der Waals surface area contributed by atoms with Crippen molar-refractivity contribution in [3.8, 4) is 0 Å². The van der Waals surface area contributed by atoms with Gasteiger partial charge in [-0.1, -0.05) is 15.9 Å². The highest BCUT2D eigenvalue weighted by Gasteiger charge is 2.18. The van der Waals surface area contributed by atoms with E-state index in [1.54, 1.807) is 23.5 Å². The second kappa shape index (κ2) is 5.82. The van der Waals surface area contributed by atoms with Gasteiger partial charge in [0.05, 0.1) is 9.83 Å². The van der Waals surface area contributed by atoms with Crippen LogP contribution in [0.15, 0.2) is 32.5 Å². The minimum atomic E-state index is -0.221. The number of aryl methyl sites for hydroxylation is 1. The molecule has 0 fully saturated rings. The van der Waals surface area contributed by atoms with Gasteiger partial charge in [0.1, 0.15) is 5.82 Å². The third-order valence-corrected chi connectivity index (χ3v) is 5.64. The molecule has 0 amide bonds. The van der Waals surface area contributed by atoms with Crippen LogP contribution in [0.1, 0.15) is 22.0 Å². The molecule has 0 saturated carbocycles. The molecule has 0 aliphatic rings. The van der Waals surface area contributed by atoms with Crippen LogP contribution in [0.25, 0.3) is 0 Å². The van der Waals surface area contributed by atoms with Crippen LogP contribution in [0.5, 0.6) is 0 Å². The summed E-state index contributed by atoms with van der Waals surface area (Å²) in [6.07, 6.45) is 0. The van der Waals surface area contributed by atoms with Gasteiger partial charge in [-0.15, -0.1) is 11.3 Å². The average Bonchev–Trinajstić information content (AvgIpc) is 2.65. The zero-order valence-electron chi connectivity index (χ0n) is 9.93. The number of hydrogen-bond donors (Lipinski definition) is 1. The predicted octanol–water partition coefficient (Wildman–Crippen LogP) is 5.03. The van der Waals surface area contributed by atoms with E-state index >= 15 is 0 Å². The Balaban J connectivity index is 2.48. The summed E-state index contributed by atoms with van der Waals surface area (Å²) in [5.74, 6) is -0.221. The maximum Gasteiger partial charge on any atom is 0.123 e. The van der Waals surface area contributed by atoms with Crippen LogP contribution in [-0.4, -0.2) is 7.05 Å². The Morgan fingerprint density at radius 3 is 2.56 bits per heavy atom. The third-order valence-electron chi connectivity index (χ3n) is 2.72. The Morgan fingerprint density at radius 1 is 1.28 bits per heavy atom. The summed E-state index contributed by atoms with van der Waals surface area (Å²) in [6.45, 7) is 2.05. The van der Waals surface area contributed by atoms with Crippen molar-refractivity contribution in [2.24, 2.45) is 0 Å². The van der Waals surface area contributed by atoms with Crippen LogP contribution in [-0.2, 0) is 0 Å². The number of thiophene rings is 1. The summed E-state index contributed by atoms with van der Waals surface area (Å²) < 4.78 is 15.4. The van der Waals surface area contributed by atoms with Gasteiger partial charge in [-0.3, -0.25) is 0 Å². The first-order valence-electron chi connectivity index (χ1n) is 5.41. The second-order valence-corrected chi connectivity index (χ2v) is 7.25. The fourth-order valence-corrected chi connectivity index (χ4v) is 3.99. The van der Waals surface area contributed by atoms with Crippen LogP contribution < -0.4 is 5.32 Å². The van der Waals surface area contributed by atoms with E-state index in [0.29, 0.717) is 0 Å². The van der Waals surface area contributed by atoms with Crippen LogP contribution in [0.4, 0.5) is 4.39 Å². The fourth-order valence-electron chi connectivity index (χ4n) is 1.81. The first-order valence-corrected chi connectivity index (χ1v) is 7.81. The molecule has 96 valence electrons. The molecular weight excluding hydrogens is 381 g/mol. The average molecular weight is 393 g/mol. The lowest BCUT2D eigenvalue weighted by atomic mass is 10.1. The fraction of sp³-hybridized carbons (Fsp3) is 0.231. The molecular formula is C13H12Br2FNS. The molecule has 0 radical (unpaired) electrons. The van der Waals surface area contributed by atoms with E-state index in [2.05, 4.69) is 50.2 Å². The van der Waals surface area contributed by atoms with E-state index < -0.39 is 0 Å². The molecule has 1 aromatic heterocycles. The van der Waals surface area contributed by atoms with Gasteiger partial charge in [0.2, 0.25) is 0 Å². The lowest BCUT2D eigenvalue weighted by molar-refractivity contribution is 0.617. The zero-order chi connectivity index (χ0) is 13.3. The maximum atomic E-state index is 13.4. The molecule has 18 heavy (non-hydrogen) atoms. The SMILES string of the molecule is CNC(c1cc(C)c(Br)s1)c1cc(F)ccc1Br. The first kappa shape index (κ1) is 14.2. The Kier molecular flexibility index (Phi) is 4.59. The molecule has 1 unspecified atom stereocenters. The molecule has 0 saturated heterocycles. The van der Waals surface area contributed by atoms with Crippen molar-refractivity contribution in [1.29, 1.82) is 0 Å². The van der Waals surface area contributed by atoms with E-state index in [-0.39, 0.29) is 11.9 Å². The normalized spacial score (nSPS) is 12.7. The topological polar surface area (TPSA) is 12.0 Å². The van der Waals surface area contributed by atoms with Crippen molar-refractivity contribution in [1.82, 2.24) is 5.32 Å². The van der Waals surface area contributed by atoms with Gasteiger partial charge in [-0.25, -0.2) is 4.39 Å². The number of halogens is 3. The molecule has 5 heteroatoms. The van der Waals surface area contributed by atoms with Crippen molar-refractivity contribution in [3.05, 3.63) is 54.3 Å². The number of rotatable bonds is 3. The van der Waals surface area contributed by atoms with Gasteiger partial charge >= 0.3 is 0 Å². The number of hydrogen-bond acceptors (Lipinski definition) is 2. The predicted molar refractivity (Wildman–Crippen MR) is 81.8 cm³/mol. The highest BCUT2D eigenvalue weighted by atomic mass is 79.9. The highest BCUT2D eigenvalue weighted by molar-refractivity contribution is 9.11. The molecule has 1 N–H and O–H groups in total. The minimum Gasteiger partial charge on any atom is -0.309 e. The number of benzene rings is 1. The van der Waals surface area contributed by atoms with Crippen molar-refractivity contribution in [2.45, 2.75) is 13.0 Å². The van der Waals surface area contributed by atoms with Crippen LogP contribution in [0, 0.1) is 12.7 Å². The summed E-state index contributed by atoms with van der Waals surface area (Å²) in [5.41, 5.74) is 2.11. The summed E-state index contributed by atoms with van der Waals surface area (Å²) >= 11 is 8.67. The van der Waals surface area contributed by atoms with E-state index in [0.717, 1.165) is 18.7 Å². The Labute approximate surface area is 127 Å². The molecule has 1 aromatic carbocycles. The first-order chi connectivity index (χ1) is 8.52. The summed E-state index contributed by atoms with van der Waals surface area (Å²) in [4.78, 5) is 1.16. The maximum absolute atomic E-state index is 13.4.